The molecule has 0 spiro atoms. The van der Waals surface area contributed by atoms with Crippen molar-refractivity contribution in [1.29, 1.82) is 0 Å². The number of aryl methyl sites for hydroxylation is 2. The molecule has 3 aromatic rings. The Balaban J connectivity index is 1.74. The van der Waals surface area contributed by atoms with Gasteiger partial charge in [0.1, 0.15) is 17.7 Å². The lowest BCUT2D eigenvalue weighted by Gasteiger charge is -2.21. The summed E-state index contributed by atoms with van der Waals surface area (Å²) in [7, 11) is 1.62. The van der Waals surface area contributed by atoms with Crippen LogP contribution in [-0.4, -0.2) is 81.5 Å². The van der Waals surface area contributed by atoms with Gasteiger partial charge in [-0.3, -0.25) is 0 Å². The Morgan fingerprint density at radius 1 is 1.08 bits per heavy atom. The van der Waals surface area contributed by atoms with E-state index in [0.717, 1.165) is 18.2 Å². The number of hydrogen-bond donors (Lipinski definition) is 5. The number of ether oxygens (including phenoxy) is 2. The standard InChI is InChI=1S/C27H39N5O6/c1-6-18(7-2)37-21-12-16-11-20(38-25(16)15(4)29-21)22-14(3)30-27(28-8-9-36-5)32-26(22)31-19-10-17(13-33)23(34)24(19)35/h11-12,17-19,23-24,33-35H,6-10,13H2,1-5H3,(H2,28,30,31,32)/t17-,19-,23-,24+/m1/s1. The zero-order valence-corrected chi connectivity index (χ0v) is 22.7. The SMILES string of the molecule is CCC(CC)Oc1cc2cc(-c3c(C)nc(NCCOC)nc3N[C@@H]3C[C@H](CO)[C@@H](O)[C@H]3O)oc2c(C)n1. The number of hydrogen-bond acceptors (Lipinski definition) is 11. The number of aromatic nitrogens is 3. The van der Waals surface area contributed by atoms with Crippen LogP contribution < -0.4 is 15.4 Å². The summed E-state index contributed by atoms with van der Waals surface area (Å²) in [5, 5.41) is 37.9. The van der Waals surface area contributed by atoms with Crippen molar-refractivity contribution in [1.82, 2.24) is 15.0 Å². The smallest absolute Gasteiger partial charge is 0.224 e. The van der Waals surface area contributed by atoms with Gasteiger partial charge in [-0.05, 0) is 39.2 Å². The van der Waals surface area contributed by atoms with E-state index in [9.17, 15) is 15.3 Å². The van der Waals surface area contributed by atoms with Crippen LogP contribution in [-0.2, 0) is 4.74 Å². The number of pyridine rings is 1. The summed E-state index contributed by atoms with van der Waals surface area (Å²) in [4.78, 5) is 13.9. The molecule has 4 rings (SSSR count). The number of aliphatic hydroxyl groups excluding tert-OH is 3. The summed E-state index contributed by atoms with van der Waals surface area (Å²) < 4.78 is 17.5. The van der Waals surface area contributed by atoms with E-state index in [1.54, 1.807) is 7.11 Å². The van der Waals surface area contributed by atoms with Gasteiger partial charge in [0.05, 0.1) is 41.8 Å². The van der Waals surface area contributed by atoms with E-state index < -0.39 is 24.2 Å². The molecule has 0 amide bonds. The van der Waals surface area contributed by atoms with Crippen molar-refractivity contribution in [3.8, 4) is 17.2 Å². The minimum atomic E-state index is -1.06. The molecule has 3 aromatic heterocycles. The van der Waals surface area contributed by atoms with E-state index in [4.69, 9.17) is 13.9 Å². The predicted octanol–water partition coefficient (Wildman–Crippen LogP) is 3.04. The van der Waals surface area contributed by atoms with Gasteiger partial charge >= 0.3 is 0 Å². The normalized spacial score (nSPS) is 21.4. The van der Waals surface area contributed by atoms with Crippen LogP contribution in [0.5, 0.6) is 5.88 Å². The van der Waals surface area contributed by atoms with Crippen molar-refractivity contribution in [2.45, 2.75) is 71.3 Å². The van der Waals surface area contributed by atoms with Gasteiger partial charge in [0, 0.05) is 37.6 Å². The highest BCUT2D eigenvalue weighted by atomic mass is 16.5. The average Bonchev–Trinajstić information content (AvgIpc) is 3.43. The van der Waals surface area contributed by atoms with Crippen molar-refractivity contribution < 1.29 is 29.2 Å². The fourth-order valence-corrected chi connectivity index (χ4v) is 4.93. The molecule has 11 nitrogen and oxygen atoms in total. The first kappa shape index (κ1) is 28.0. The summed E-state index contributed by atoms with van der Waals surface area (Å²) in [6, 6.07) is 3.27. The molecule has 1 fully saturated rings. The van der Waals surface area contributed by atoms with E-state index >= 15 is 0 Å². The van der Waals surface area contributed by atoms with Gasteiger partial charge in [-0.15, -0.1) is 0 Å². The van der Waals surface area contributed by atoms with Gasteiger partial charge in [0.25, 0.3) is 0 Å². The molecule has 0 bridgehead atoms. The lowest BCUT2D eigenvalue weighted by atomic mass is 10.1. The number of rotatable bonds is 12. The molecule has 0 saturated heterocycles. The molecule has 0 aromatic carbocycles. The number of methoxy groups -OCH3 is 1. The molecule has 4 atom stereocenters. The second-order valence-corrected chi connectivity index (χ2v) is 9.82. The lowest BCUT2D eigenvalue weighted by Crippen LogP contribution is -2.35. The third kappa shape index (κ3) is 5.85. The van der Waals surface area contributed by atoms with Gasteiger partial charge in [-0.1, -0.05) is 13.8 Å². The minimum absolute atomic E-state index is 0.0891. The summed E-state index contributed by atoms with van der Waals surface area (Å²) >= 11 is 0. The zero-order chi connectivity index (χ0) is 27.4. The van der Waals surface area contributed by atoms with Crippen molar-refractivity contribution in [3.05, 3.63) is 23.5 Å². The highest BCUT2D eigenvalue weighted by Crippen LogP contribution is 2.38. The van der Waals surface area contributed by atoms with E-state index in [-0.39, 0.29) is 12.7 Å². The molecule has 11 heteroatoms. The Hall–Kier alpha value is -2.99. The quantitative estimate of drug-likeness (QED) is 0.220. The molecule has 38 heavy (non-hydrogen) atoms. The van der Waals surface area contributed by atoms with Gasteiger partial charge in [0.2, 0.25) is 11.8 Å². The second-order valence-electron chi connectivity index (χ2n) is 9.82. The highest BCUT2D eigenvalue weighted by molar-refractivity contribution is 5.88. The van der Waals surface area contributed by atoms with E-state index in [0.29, 0.717) is 65.5 Å². The maximum absolute atomic E-state index is 10.6. The second kappa shape index (κ2) is 12.2. The molecule has 0 radical (unpaired) electrons. The highest BCUT2D eigenvalue weighted by Gasteiger charge is 2.41. The third-order valence-corrected chi connectivity index (χ3v) is 7.13. The van der Waals surface area contributed by atoms with Gasteiger partial charge < -0.3 is 39.8 Å². The molecule has 1 saturated carbocycles. The van der Waals surface area contributed by atoms with E-state index in [2.05, 4.69) is 39.4 Å². The van der Waals surface area contributed by atoms with Crippen LogP contribution in [0.25, 0.3) is 22.3 Å². The number of nitrogens with zero attached hydrogens (tertiary/aromatic N) is 3. The predicted molar refractivity (Wildman–Crippen MR) is 144 cm³/mol. The molecule has 1 aliphatic rings. The Kier molecular flexibility index (Phi) is 9.03. The number of anilines is 2. The number of fused-ring (bicyclic) bond motifs is 1. The first-order valence-corrected chi connectivity index (χ1v) is 13.2. The summed E-state index contributed by atoms with van der Waals surface area (Å²) in [5.41, 5.74) is 2.64. The fourth-order valence-electron chi connectivity index (χ4n) is 4.93. The third-order valence-electron chi connectivity index (χ3n) is 7.13. The van der Waals surface area contributed by atoms with Gasteiger partial charge in [0.15, 0.2) is 5.58 Å². The summed E-state index contributed by atoms with van der Waals surface area (Å²) in [5.74, 6) is 1.51. The molecular formula is C27H39N5O6. The molecule has 0 unspecified atom stereocenters. The van der Waals surface area contributed by atoms with Crippen LogP contribution in [0.1, 0.15) is 44.5 Å². The molecule has 1 aliphatic carbocycles. The number of aliphatic hydroxyl groups is 3. The topological polar surface area (TPSA) is 155 Å². The van der Waals surface area contributed by atoms with Crippen LogP contribution in [0.2, 0.25) is 0 Å². The van der Waals surface area contributed by atoms with Crippen molar-refractivity contribution in [3.63, 3.8) is 0 Å². The number of furan rings is 1. The summed E-state index contributed by atoms with van der Waals surface area (Å²) in [6.45, 7) is 8.70. The Labute approximate surface area is 222 Å². The summed E-state index contributed by atoms with van der Waals surface area (Å²) in [6.07, 6.45) is 0.158. The Morgan fingerprint density at radius 2 is 1.84 bits per heavy atom. The van der Waals surface area contributed by atoms with E-state index in [1.165, 1.54) is 0 Å². The minimum Gasteiger partial charge on any atom is -0.474 e. The molecule has 0 aliphatic heterocycles. The maximum atomic E-state index is 10.6. The zero-order valence-electron chi connectivity index (χ0n) is 22.7. The van der Waals surface area contributed by atoms with Crippen LogP contribution in [0, 0.1) is 19.8 Å². The van der Waals surface area contributed by atoms with Crippen LogP contribution in [0.15, 0.2) is 16.5 Å². The number of nitrogens with one attached hydrogen (secondary N) is 2. The van der Waals surface area contributed by atoms with Gasteiger partial charge in [-0.25, -0.2) is 9.97 Å². The molecular weight excluding hydrogens is 490 g/mol. The van der Waals surface area contributed by atoms with Crippen molar-refractivity contribution in [2.24, 2.45) is 5.92 Å². The molecule has 5 N–H and O–H groups in total. The van der Waals surface area contributed by atoms with Crippen LogP contribution in [0.3, 0.4) is 0 Å². The monoisotopic (exact) mass is 529 g/mol. The largest absolute Gasteiger partial charge is 0.474 e. The lowest BCUT2D eigenvalue weighted by molar-refractivity contribution is 0.00446. The molecule has 208 valence electrons. The van der Waals surface area contributed by atoms with Crippen LogP contribution >= 0.6 is 0 Å². The average molecular weight is 530 g/mol. The molecule has 3 heterocycles. The van der Waals surface area contributed by atoms with Gasteiger partial charge in [-0.2, -0.15) is 4.98 Å². The first-order chi connectivity index (χ1) is 18.3. The van der Waals surface area contributed by atoms with E-state index in [1.807, 2.05) is 26.0 Å². The van der Waals surface area contributed by atoms with Crippen LogP contribution in [0.4, 0.5) is 11.8 Å². The Morgan fingerprint density at radius 3 is 2.50 bits per heavy atom. The van der Waals surface area contributed by atoms with Crippen molar-refractivity contribution >= 4 is 22.7 Å². The fraction of sp³-hybridized carbons (Fsp3) is 0.593. The van der Waals surface area contributed by atoms with Crippen molar-refractivity contribution in [2.75, 3.05) is 37.5 Å². The Bertz CT molecular complexity index is 1230. The maximum Gasteiger partial charge on any atom is 0.224 e. The first-order valence-electron chi connectivity index (χ1n) is 13.2.